The summed E-state index contributed by atoms with van der Waals surface area (Å²) < 4.78 is 48.1. The highest BCUT2D eigenvalue weighted by Gasteiger charge is 2.36. The monoisotopic (exact) mass is 557 g/mol. The summed E-state index contributed by atoms with van der Waals surface area (Å²) in [5.74, 6) is 1.46. The first-order chi connectivity index (χ1) is 18.5. The molecule has 39 heavy (non-hydrogen) atoms. The van der Waals surface area contributed by atoms with E-state index in [0.717, 1.165) is 5.56 Å². The lowest BCUT2D eigenvalue weighted by molar-refractivity contribution is 0.00152. The molecule has 15 heteroatoms. The topological polar surface area (TPSA) is 173 Å². The SMILES string of the molecule is COc1cccc(-c2nnc(NS(=O)(=O)[C@@H](C)[C@@H](OC(C)C)c3ncc(C)cn3)n2[C@H](C)c2nc(C)no2)n1. The van der Waals surface area contributed by atoms with E-state index < -0.39 is 27.4 Å². The van der Waals surface area contributed by atoms with Crippen LogP contribution in [0.2, 0.25) is 0 Å². The summed E-state index contributed by atoms with van der Waals surface area (Å²) in [6, 6.07) is 4.47. The van der Waals surface area contributed by atoms with Crippen LogP contribution in [0.4, 0.5) is 5.95 Å². The van der Waals surface area contributed by atoms with Crippen LogP contribution >= 0.6 is 0 Å². The number of nitrogens with one attached hydrogen (secondary N) is 1. The molecule has 0 saturated carbocycles. The summed E-state index contributed by atoms with van der Waals surface area (Å²) in [6.45, 7) is 10.4. The Hall–Kier alpha value is -3.98. The molecule has 0 aliphatic carbocycles. The van der Waals surface area contributed by atoms with Gasteiger partial charge in [-0.3, -0.25) is 9.29 Å². The van der Waals surface area contributed by atoms with E-state index in [9.17, 15) is 8.42 Å². The normalized spacial score (nSPS) is 14.3. The molecule has 0 aromatic carbocycles. The Balaban J connectivity index is 1.75. The van der Waals surface area contributed by atoms with E-state index in [0.29, 0.717) is 17.4 Å². The van der Waals surface area contributed by atoms with Gasteiger partial charge in [0.25, 0.3) is 0 Å². The van der Waals surface area contributed by atoms with Gasteiger partial charge in [0.15, 0.2) is 17.5 Å². The standard InChI is InChI=1S/C24H31N9O5S/c1-13(2)37-20(21-25-11-14(3)12-26-21)16(5)39(34,35)32-24-30-29-22(18-9-8-10-19(28-18)36-7)33(24)15(4)23-27-17(6)31-38-23/h8-13,15-16,20H,1-7H3,(H,30,32)/t15-,16+,20-/m1/s1. The average Bonchev–Trinajstić information content (AvgIpc) is 3.53. The van der Waals surface area contributed by atoms with Gasteiger partial charge in [-0.15, -0.1) is 10.2 Å². The van der Waals surface area contributed by atoms with Gasteiger partial charge < -0.3 is 14.0 Å². The molecular formula is C24H31N9O5S. The van der Waals surface area contributed by atoms with Crippen LogP contribution in [0, 0.1) is 13.8 Å². The predicted molar refractivity (Wildman–Crippen MR) is 140 cm³/mol. The highest BCUT2D eigenvalue weighted by Crippen LogP contribution is 2.31. The molecule has 14 nitrogen and oxygen atoms in total. The lowest BCUT2D eigenvalue weighted by Gasteiger charge is -2.25. The Morgan fingerprint density at radius 3 is 2.36 bits per heavy atom. The van der Waals surface area contributed by atoms with Gasteiger partial charge in [-0.05, 0) is 53.2 Å². The Kier molecular flexibility index (Phi) is 8.20. The Labute approximate surface area is 226 Å². The average molecular weight is 558 g/mol. The van der Waals surface area contributed by atoms with Crippen molar-refractivity contribution >= 4 is 16.0 Å². The quantitative estimate of drug-likeness (QED) is 0.286. The third-order valence-electron chi connectivity index (χ3n) is 5.77. The van der Waals surface area contributed by atoms with Crippen LogP contribution in [0.1, 0.15) is 62.9 Å². The summed E-state index contributed by atoms with van der Waals surface area (Å²) in [5, 5.41) is 11.1. The van der Waals surface area contributed by atoms with Gasteiger partial charge in [0.1, 0.15) is 23.1 Å². The third kappa shape index (κ3) is 6.20. The number of pyridine rings is 1. The van der Waals surface area contributed by atoms with Gasteiger partial charge in [0.2, 0.25) is 27.7 Å². The van der Waals surface area contributed by atoms with Crippen LogP contribution in [-0.4, -0.2) is 66.7 Å². The van der Waals surface area contributed by atoms with Gasteiger partial charge in [0, 0.05) is 18.5 Å². The van der Waals surface area contributed by atoms with Crippen molar-refractivity contribution in [3.05, 3.63) is 53.7 Å². The van der Waals surface area contributed by atoms with Crippen molar-refractivity contribution in [3.8, 4) is 17.4 Å². The molecule has 4 rings (SSSR count). The van der Waals surface area contributed by atoms with Gasteiger partial charge in [-0.2, -0.15) is 4.98 Å². The number of hydrogen-bond donors (Lipinski definition) is 1. The van der Waals surface area contributed by atoms with Gasteiger partial charge in [0.05, 0.1) is 13.2 Å². The Morgan fingerprint density at radius 1 is 1.03 bits per heavy atom. The first-order valence-electron chi connectivity index (χ1n) is 12.2. The first kappa shape index (κ1) is 28.0. The van der Waals surface area contributed by atoms with Crippen LogP contribution in [-0.2, 0) is 14.8 Å². The number of nitrogens with zero attached hydrogens (tertiary/aromatic N) is 8. The molecule has 0 fully saturated rings. The molecule has 0 spiro atoms. The van der Waals surface area contributed by atoms with E-state index in [2.05, 4.69) is 40.0 Å². The Morgan fingerprint density at radius 2 is 1.74 bits per heavy atom. The van der Waals surface area contributed by atoms with E-state index in [1.54, 1.807) is 44.4 Å². The molecule has 0 aliphatic heterocycles. The fourth-order valence-corrected chi connectivity index (χ4v) is 4.85. The zero-order valence-corrected chi connectivity index (χ0v) is 23.5. The van der Waals surface area contributed by atoms with Crippen molar-refractivity contribution in [2.45, 2.75) is 65.0 Å². The number of rotatable bonds is 11. The molecule has 0 bridgehead atoms. The number of hydrogen-bond acceptors (Lipinski definition) is 12. The fraction of sp³-hybridized carbons (Fsp3) is 0.458. The maximum atomic E-state index is 13.7. The number of aryl methyl sites for hydroxylation is 2. The maximum Gasteiger partial charge on any atom is 0.249 e. The predicted octanol–water partition coefficient (Wildman–Crippen LogP) is 3.04. The lowest BCUT2D eigenvalue weighted by atomic mass is 10.2. The summed E-state index contributed by atoms with van der Waals surface area (Å²) in [7, 11) is -2.63. The van der Waals surface area contributed by atoms with Crippen LogP contribution < -0.4 is 9.46 Å². The van der Waals surface area contributed by atoms with Crippen LogP contribution in [0.25, 0.3) is 11.5 Å². The van der Waals surface area contributed by atoms with E-state index in [4.69, 9.17) is 14.0 Å². The van der Waals surface area contributed by atoms with E-state index in [-0.39, 0.29) is 29.6 Å². The van der Waals surface area contributed by atoms with Crippen LogP contribution in [0.15, 0.2) is 35.1 Å². The summed E-state index contributed by atoms with van der Waals surface area (Å²) in [5.41, 5.74) is 1.24. The third-order valence-corrected chi connectivity index (χ3v) is 7.46. The van der Waals surface area contributed by atoms with Gasteiger partial charge in [-0.25, -0.2) is 23.4 Å². The van der Waals surface area contributed by atoms with E-state index in [1.807, 2.05) is 20.8 Å². The molecule has 3 atom stereocenters. The zero-order valence-electron chi connectivity index (χ0n) is 22.7. The minimum absolute atomic E-state index is 0.0713. The summed E-state index contributed by atoms with van der Waals surface area (Å²) >= 11 is 0. The van der Waals surface area contributed by atoms with Crippen molar-refractivity contribution < 1.29 is 22.4 Å². The minimum atomic E-state index is -4.12. The van der Waals surface area contributed by atoms with E-state index in [1.165, 1.54) is 18.6 Å². The van der Waals surface area contributed by atoms with Crippen molar-refractivity contribution in [2.75, 3.05) is 11.8 Å². The fourth-order valence-electron chi connectivity index (χ4n) is 3.76. The second-order valence-corrected chi connectivity index (χ2v) is 11.3. The number of methoxy groups -OCH3 is 1. The Bertz CT molecular complexity index is 1520. The molecule has 4 aromatic heterocycles. The molecule has 4 heterocycles. The molecule has 208 valence electrons. The molecule has 0 radical (unpaired) electrons. The zero-order chi connectivity index (χ0) is 28.3. The van der Waals surface area contributed by atoms with Gasteiger partial charge in [-0.1, -0.05) is 11.2 Å². The second-order valence-electron chi connectivity index (χ2n) is 9.21. The number of sulfonamides is 1. The molecule has 1 N–H and O–H groups in total. The highest BCUT2D eigenvalue weighted by molar-refractivity contribution is 7.93. The number of ether oxygens (including phenoxy) is 2. The molecule has 0 amide bonds. The smallest absolute Gasteiger partial charge is 0.249 e. The molecular weight excluding hydrogens is 526 g/mol. The summed E-state index contributed by atoms with van der Waals surface area (Å²) in [6.07, 6.45) is 2.00. The van der Waals surface area contributed by atoms with Crippen molar-refractivity contribution in [1.29, 1.82) is 0 Å². The van der Waals surface area contributed by atoms with Gasteiger partial charge >= 0.3 is 0 Å². The molecule has 4 aromatic rings. The van der Waals surface area contributed by atoms with E-state index >= 15 is 0 Å². The maximum absolute atomic E-state index is 13.7. The second kappa shape index (κ2) is 11.4. The number of anilines is 1. The minimum Gasteiger partial charge on any atom is -0.481 e. The van der Waals surface area contributed by atoms with Crippen molar-refractivity contribution in [1.82, 2.24) is 39.9 Å². The van der Waals surface area contributed by atoms with Crippen molar-refractivity contribution in [2.24, 2.45) is 0 Å². The van der Waals surface area contributed by atoms with Crippen LogP contribution in [0.5, 0.6) is 5.88 Å². The first-order valence-corrected chi connectivity index (χ1v) is 13.8. The highest BCUT2D eigenvalue weighted by atomic mass is 32.2. The lowest BCUT2D eigenvalue weighted by Crippen LogP contribution is -2.35. The van der Waals surface area contributed by atoms with Crippen LogP contribution in [0.3, 0.4) is 0 Å². The summed E-state index contributed by atoms with van der Waals surface area (Å²) in [4.78, 5) is 17.4. The van der Waals surface area contributed by atoms with Crippen molar-refractivity contribution in [3.63, 3.8) is 0 Å². The molecule has 0 unspecified atom stereocenters. The molecule has 0 aliphatic rings. The largest absolute Gasteiger partial charge is 0.481 e. The number of aromatic nitrogens is 8. The molecule has 0 saturated heterocycles.